The van der Waals surface area contributed by atoms with E-state index in [9.17, 15) is 4.39 Å². The van der Waals surface area contributed by atoms with E-state index in [1.807, 2.05) is 28.8 Å². The second-order valence-corrected chi connectivity index (χ2v) is 4.64. The smallest absolute Gasteiger partial charge is 0.138 e. The number of aliphatic hydroxyl groups is 1. The monoisotopic (exact) mass is 280 g/mol. The SMILES string of the molecule is OCC#Cc1cc(Cn2cnc3ccccc32)ccc1F. The van der Waals surface area contributed by atoms with E-state index in [4.69, 9.17) is 5.11 Å². The first-order chi connectivity index (χ1) is 10.3. The van der Waals surface area contributed by atoms with Gasteiger partial charge in [-0.05, 0) is 29.8 Å². The molecular formula is C17H13FN2O. The Balaban J connectivity index is 1.94. The summed E-state index contributed by atoms with van der Waals surface area (Å²) < 4.78 is 15.6. The van der Waals surface area contributed by atoms with E-state index in [2.05, 4.69) is 16.8 Å². The summed E-state index contributed by atoms with van der Waals surface area (Å²) in [6.07, 6.45) is 1.77. The maximum absolute atomic E-state index is 13.6. The van der Waals surface area contributed by atoms with Crippen molar-refractivity contribution in [2.45, 2.75) is 6.54 Å². The highest BCUT2D eigenvalue weighted by molar-refractivity contribution is 5.75. The highest BCUT2D eigenvalue weighted by atomic mass is 19.1. The van der Waals surface area contributed by atoms with Gasteiger partial charge in [-0.25, -0.2) is 9.37 Å². The Morgan fingerprint density at radius 1 is 1.19 bits per heavy atom. The minimum absolute atomic E-state index is 0.282. The fourth-order valence-electron chi connectivity index (χ4n) is 2.23. The number of benzene rings is 2. The van der Waals surface area contributed by atoms with E-state index in [1.165, 1.54) is 6.07 Å². The van der Waals surface area contributed by atoms with Crippen LogP contribution in [-0.2, 0) is 6.54 Å². The van der Waals surface area contributed by atoms with Gasteiger partial charge in [0.2, 0.25) is 0 Å². The molecule has 0 unspecified atom stereocenters. The lowest BCUT2D eigenvalue weighted by Crippen LogP contribution is -1.99. The lowest BCUT2D eigenvalue weighted by Gasteiger charge is -2.06. The zero-order valence-electron chi connectivity index (χ0n) is 11.3. The first kappa shape index (κ1) is 13.3. The molecule has 21 heavy (non-hydrogen) atoms. The zero-order chi connectivity index (χ0) is 14.7. The predicted molar refractivity (Wildman–Crippen MR) is 79.2 cm³/mol. The third-order valence-electron chi connectivity index (χ3n) is 3.21. The number of imidazole rings is 1. The Hall–Kier alpha value is -2.64. The van der Waals surface area contributed by atoms with Gasteiger partial charge in [0, 0.05) is 6.54 Å². The highest BCUT2D eigenvalue weighted by Crippen LogP contribution is 2.16. The van der Waals surface area contributed by atoms with Gasteiger partial charge >= 0.3 is 0 Å². The molecule has 0 aliphatic heterocycles. The van der Waals surface area contributed by atoms with E-state index in [0.717, 1.165) is 16.6 Å². The number of hydrogen-bond donors (Lipinski definition) is 1. The van der Waals surface area contributed by atoms with Crippen LogP contribution in [0, 0.1) is 17.7 Å². The average Bonchev–Trinajstić information content (AvgIpc) is 2.91. The van der Waals surface area contributed by atoms with Crippen molar-refractivity contribution in [1.82, 2.24) is 9.55 Å². The first-order valence-electron chi connectivity index (χ1n) is 6.56. The molecule has 0 atom stereocenters. The summed E-state index contributed by atoms with van der Waals surface area (Å²) in [6.45, 7) is 0.310. The number of para-hydroxylation sites is 2. The van der Waals surface area contributed by atoms with Crippen molar-refractivity contribution in [3.63, 3.8) is 0 Å². The van der Waals surface area contributed by atoms with Crippen LogP contribution in [0.1, 0.15) is 11.1 Å². The van der Waals surface area contributed by atoms with E-state index < -0.39 is 0 Å². The maximum atomic E-state index is 13.6. The molecule has 2 aromatic carbocycles. The van der Waals surface area contributed by atoms with Crippen LogP contribution in [0.25, 0.3) is 11.0 Å². The van der Waals surface area contributed by atoms with Crippen LogP contribution in [-0.4, -0.2) is 21.3 Å². The van der Waals surface area contributed by atoms with Gasteiger partial charge in [0.1, 0.15) is 12.4 Å². The largest absolute Gasteiger partial charge is 0.384 e. The number of aromatic nitrogens is 2. The molecule has 0 radical (unpaired) electrons. The molecule has 0 fully saturated rings. The van der Waals surface area contributed by atoms with Crippen LogP contribution >= 0.6 is 0 Å². The Morgan fingerprint density at radius 3 is 2.90 bits per heavy atom. The van der Waals surface area contributed by atoms with Gasteiger partial charge in [0.25, 0.3) is 0 Å². The van der Waals surface area contributed by atoms with Crippen molar-refractivity contribution < 1.29 is 9.50 Å². The van der Waals surface area contributed by atoms with Crippen LogP contribution in [0.3, 0.4) is 0 Å². The second kappa shape index (κ2) is 5.78. The number of hydrogen-bond acceptors (Lipinski definition) is 2. The average molecular weight is 280 g/mol. The van der Waals surface area contributed by atoms with Gasteiger partial charge in [-0.2, -0.15) is 0 Å². The molecule has 0 bridgehead atoms. The van der Waals surface area contributed by atoms with E-state index in [0.29, 0.717) is 12.1 Å². The molecule has 1 aromatic heterocycles. The predicted octanol–water partition coefficient (Wildman–Crippen LogP) is 2.57. The fraction of sp³-hybridized carbons (Fsp3) is 0.118. The standard InChI is InChI=1S/C17H13FN2O/c18-15-8-7-13(10-14(15)4-3-9-21)11-20-12-19-16-5-1-2-6-17(16)20/h1-2,5-8,10,12,21H,9,11H2. The Bertz CT molecular complexity index is 843. The van der Waals surface area contributed by atoms with E-state index in [-0.39, 0.29) is 12.4 Å². The van der Waals surface area contributed by atoms with Crippen LogP contribution in [0.5, 0.6) is 0 Å². The molecule has 104 valence electrons. The molecular weight excluding hydrogens is 267 g/mol. The summed E-state index contributed by atoms with van der Waals surface area (Å²) in [5, 5.41) is 8.71. The molecule has 1 heterocycles. The van der Waals surface area contributed by atoms with Gasteiger partial charge in [0.15, 0.2) is 0 Å². The van der Waals surface area contributed by atoms with Crippen LogP contribution in [0.4, 0.5) is 4.39 Å². The summed E-state index contributed by atoms with van der Waals surface area (Å²) in [4.78, 5) is 4.33. The molecule has 3 aromatic rings. The molecule has 0 amide bonds. The zero-order valence-corrected chi connectivity index (χ0v) is 11.3. The van der Waals surface area contributed by atoms with Crippen molar-refractivity contribution in [1.29, 1.82) is 0 Å². The van der Waals surface area contributed by atoms with Gasteiger partial charge < -0.3 is 9.67 Å². The topological polar surface area (TPSA) is 38.0 Å². The molecule has 3 nitrogen and oxygen atoms in total. The third-order valence-corrected chi connectivity index (χ3v) is 3.21. The summed E-state index contributed by atoms with van der Waals surface area (Å²) in [5.74, 6) is 4.71. The Labute approximate surface area is 121 Å². The molecule has 0 saturated carbocycles. The normalized spacial score (nSPS) is 10.4. The highest BCUT2D eigenvalue weighted by Gasteiger charge is 2.05. The quantitative estimate of drug-likeness (QED) is 0.733. The molecule has 0 spiro atoms. The Morgan fingerprint density at radius 2 is 2.05 bits per heavy atom. The molecule has 3 rings (SSSR count). The van der Waals surface area contributed by atoms with Crippen molar-refractivity contribution in [3.8, 4) is 11.8 Å². The van der Waals surface area contributed by atoms with Crippen molar-refractivity contribution in [2.24, 2.45) is 0 Å². The fourth-order valence-corrected chi connectivity index (χ4v) is 2.23. The van der Waals surface area contributed by atoms with Gasteiger partial charge in [-0.1, -0.05) is 30.0 Å². The molecule has 0 aliphatic rings. The minimum atomic E-state index is -0.379. The second-order valence-electron chi connectivity index (χ2n) is 4.64. The maximum Gasteiger partial charge on any atom is 0.138 e. The number of halogens is 1. The van der Waals surface area contributed by atoms with Crippen molar-refractivity contribution in [3.05, 3.63) is 65.7 Å². The van der Waals surface area contributed by atoms with Gasteiger partial charge in [0.05, 0.1) is 22.9 Å². The first-order valence-corrected chi connectivity index (χ1v) is 6.56. The summed E-state index contributed by atoms with van der Waals surface area (Å²) in [5.41, 5.74) is 3.19. The van der Waals surface area contributed by atoms with Gasteiger partial charge in [-0.15, -0.1) is 0 Å². The number of rotatable bonds is 2. The van der Waals surface area contributed by atoms with Crippen molar-refractivity contribution >= 4 is 11.0 Å². The summed E-state index contributed by atoms with van der Waals surface area (Å²) in [7, 11) is 0. The minimum Gasteiger partial charge on any atom is -0.384 e. The molecule has 4 heteroatoms. The van der Waals surface area contributed by atoms with E-state index >= 15 is 0 Å². The summed E-state index contributed by atoms with van der Waals surface area (Å²) >= 11 is 0. The third kappa shape index (κ3) is 2.78. The lowest BCUT2D eigenvalue weighted by molar-refractivity contribution is 0.350. The van der Waals surface area contributed by atoms with E-state index in [1.54, 1.807) is 18.5 Å². The molecule has 0 aliphatic carbocycles. The summed E-state index contributed by atoms with van der Waals surface area (Å²) in [6, 6.07) is 12.7. The number of aliphatic hydroxyl groups excluding tert-OH is 1. The number of nitrogens with zero attached hydrogens (tertiary/aromatic N) is 2. The number of fused-ring (bicyclic) bond motifs is 1. The Kier molecular flexibility index (Phi) is 3.67. The van der Waals surface area contributed by atoms with Crippen LogP contribution < -0.4 is 0 Å². The van der Waals surface area contributed by atoms with Crippen LogP contribution in [0.15, 0.2) is 48.8 Å². The molecule has 1 N–H and O–H groups in total. The van der Waals surface area contributed by atoms with Gasteiger partial charge in [-0.3, -0.25) is 0 Å². The van der Waals surface area contributed by atoms with Crippen LogP contribution in [0.2, 0.25) is 0 Å². The lowest BCUT2D eigenvalue weighted by atomic mass is 10.1. The molecule has 0 saturated heterocycles. The van der Waals surface area contributed by atoms with Crippen molar-refractivity contribution in [2.75, 3.05) is 6.61 Å².